The summed E-state index contributed by atoms with van der Waals surface area (Å²) in [4.78, 5) is 0. The van der Waals surface area contributed by atoms with E-state index in [0.29, 0.717) is 13.2 Å². The Labute approximate surface area is 114 Å². The Bertz CT molecular complexity index is 386. The normalized spacial score (nSPS) is 28.3. The summed E-state index contributed by atoms with van der Waals surface area (Å²) in [6.07, 6.45) is 4.58. The van der Waals surface area contributed by atoms with Crippen molar-refractivity contribution in [2.45, 2.75) is 44.8 Å². The summed E-state index contributed by atoms with van der Waals surface area (Å²) in [6.45, 7) is 3.52. The van der Waals surface area contributed by atoms with Crippen molar-refractivity contribution in [3.8, 4) is 0 Å². The van der Waals surface area contributed by atoms with Crippen molar-refractivity contribution in [3.63, 3.8) is 0 Å². The fourth-order valence-corrected chi connectivity index (χ4v) is 2.77. The molecule has 0 spiro atoms. The molecule has 0 bridgehead atoms. The molecule has 3 heteroatoms. The third-order valence-corrected chi connectivity index (χ3v) is 4.23. The van der Waals surface area contributed by atoms with Crippen molar-refractivity contribution in [2.75, 3.05) is 6.54 Å². The summed E-state index contributed by atoms with van der Waals surface area (Å²) in [5.74, 6) is 0.805. The average molecular weight is 268 g/mol. The molecule has 1 aromatic rings. The van der Waals surface area contributed by atoms with Crippen LogP contribution in [0, 0.1) is 5.92 Å². The van der Waals surface area contributed by atoms with Gasteiger partial charge in [0, 0.05) is 11.6 Å². The highest BCUT2D eigenvalue weighted by Gasteiger charge is 2.33. The number of benzene rings is 1. The van der Waals surface area contributed by atoms with E-state index >= 15 is 0 Å². The first-order valence-electron chi connectivity index (χ1n) is 6.72. The van der Waals surface area contributed by atoms with Gasteiger partial charge in [-0.1, -0.05) is 30.7 Å². The topological polar surface area (TPSA) is 35.2 Å². The van der Waals surface area contributed by atoms with E-state index in [4.69, 9.17) is 22.1 Å². The number of halogens is 1. The Hall–Kier alpha value is -0.570. The van der Waals surface area contributed by atoms with Crippen LogP contribution in [0.15, 0.2) is 24.3 Å². The van der Waals surface area contributed by atoms with Crippen molar-refractivity contribution in [2.24, 2.45) is 11.7 Å². The quantitative estimate of drug-likeness (QED) is 0.901. The van der Waals surface area contributed by atoms with E-state index in [-0.39, 0.29) is 5.60 Å². The van der Waals surface area contributed by atoms with Gasteiger partial charge in [-0.25, -0.2) is 0 Å². The van der Waals surface area contributed by atoms with Gasteiger partial charge in [0.1, 0.15) is 0 Å². The second-order valence-corrected chi connectivity index (χ2v) is 5.92. The molecule has 0 aliphatic heterocycles. The van der Waals surface area contributed by atoms with E-state index in [2.05, 4.69) is 6.92 Å². The van der Waals surface area contributed by atoms with Gasteiger partial charge in [0.15, 0.2) is 0 Å². The fraction of sp³-hybridized carbons (Fsp3) is 0.600. The van der Waals surface area contributed by atoms with Gasteiger partial charge in [-0.2, -0.15) is 0 Å². The Morgan fingerprint density at radius 1 is 1.39 bits per heavy atom. The molecule has 0 heterocycles. The molecular weight excluding hydrogens is 246 g/mol. The van der Waals surface area contributed by atoms with Gasteiger partial charge in [0.05, 0.1) is 12.2 Å². The molecule has 1 aliphatic carbocycles. The molecule has 1 aromatic carbocycles. The molecule has 1 fully saturated rings. The minimum absolute atomic E-state index is 0.116. The maximum atomic E-state index is 6.13. The van der Waals surface area contributed by atoms with Crippen LogP contribution in [0.4, 0.5) is 0 Å². The molecule has 0 atom stereocenters. The summed E-state index contributed by atoms with van der Waals surface area (Å²) >= 11 is 5.97. The smallest absolute Gasteiger partial charge is 0.0808 e. The zero-order valence-corrected chi connectivity index (χ0v) is 11.7. The van der Waals surface area contributed by atoms with Gasteiger partial charge in [-0.15, -0.1) is 0 Å². The number of rotatable bonds is 4. The van der Waals surface area contributed by atoms with E-state index < -0.39 is 0 Å². The summed E-state index contributed by atoms with van der Waals surface area (Å²) < 4.78 is 6.13. The molecule has 0 aromatic heterocycles. The van der Waals surface area contributed by atoms with Crippen molar-refractivity contribution in [1.82, 2.24) is 0 Å². The Kier molecular flexibility index (Phi) is 4.66. The number of ether oxygens (including phenoxy) is 1. The first-order valence-corrected chi connectivity index (χ1v) is 7.10. The van der Waals surface area contributed by atoms with Gasteiger partial charge >= 0.3 is 0 Å². The monoisotopic (exact) mass is 267 g/mol. The van der Waals surface area contributed by atoms with E-state index in [0.717, 1.165) is 29.3 Å². The molecule has 1 aliphatic rings. The van der Waals surface area contributed by atoms with Crippen LogP contribution in [-0.4, -0.2) is 12.1 Å². The lowest BCUT2D eigenvalue weighted by Crippen LogP contribution is -2.43. The maximum Gasteiger partial charge on any atom is 0.0808 e. The van der Waals surface area contributed by atoms with Crippen LogP contribution in [0.1, 0.15) is 38.2 Å². The summed E-state index contributed by atoms with van der Waals surface area (Å²) in [5.41, 5.74) is 6.93. The van der Waals surface area contributed by atoms with Gasteiger partial charge in [0.25, 0.3) is 0 Å². The predicted molar refractivity (Wildman–Crippen MR) is 75.7 cm³/mol. The Morgan fingerprint density at radius 3 is 2.72 bits per heavy atom. The standard InChI is InChI=1S/C15H22ClNO/c1-12-5-7-15(11-17,8-6-12)18-10-13-3-2-4-14(16)9-13/h2-4,9,12H,5-8,10-11,17H2,1H3. The largest absolute Gasteiger partial charge is 0.369 e. The van der Waals surface area contributed by atoms with Crippen LogP contribution < -0.4 is 5.73 Å². The maximum absolute atomic E-state index is 6.13. The van der Waals surface area contributed by atoms with E-state index in [9.17, 15) is 0 Å². The SMILES string of the molecule is CC1CCC(CN)(OCc2cccc(Cl)c2)CC1. The second kappa shape index (κ2) is 6.05. The molecule has 2 rings (SSSR count). The lowest BCUT2D eigenvalue weighted by molar-refractivity contribution is -0.0799. The molecule has 0 radical (unpaired) electrons. The predicted octanol–water partition coefficient (Wildman–Crippen LogP) is 3.76. The first kappa shape index (κ1) is 13.9. The fourth-order valence-electron chi connectivity index (χ4n) is 2.56. The summed E-state index contributed by atoms with van der Waals surface area (Å²) in [5, 5.41) is 0.759. The van der Waals surface area contributed by atoms with Crippen molar-refractivity contribution in [1.29, 1.82) is 0 Å². The lowest BCUT2D eigenvalue weighted by atomic mass is 9.79. The minimum Gasteiger partial charge on any atom is -0.369 e. The van der Waals surface area contributed by atoms with Crippen LogP contribution in [0.5, 0.6) is 0 Å². The molecule has 0 amide bonds. The van der Waals surface area contributed by atoms with Crippen LogP contribution in [0.25, 0.3) is 0 Å². The minimum atomic E-state index is -0.116. The highest BCUT2D eigenvalue weighted by Crippen LogP contribution is 2.34. The van der Waals surface area contributed by atoms with E-state index in [1.54, 1.807) is 0 Å². The number of hydrogen-bond donors (Lipinski definition) is 1. The Morgan fingerprint density at radius 2 is 2.11 bits per heavy atom. The first-order chi connectivity index (χ1) is 8.63. The van der Waals surface area contributed by atoms with Gasteiger partial charge in [0.2, 0.25) is 0 Å². The van der Waals surface area contributed by atoms with Gasteiger partial charge in [-0.05, 0) is 49.3 Å². The molecule has 0 unspecified atom stereocenters. The van der Waals surface area contributed by atoms with E-state index in [1.807, 2.05) is 24.3 Å². The average Bonchev–Trinajstić information content (AvgIpc) is 2.39. The van der Waals surface area contributed by atoms with Crippen molar-refractivity contribution < 1.29 is 4.74 Å². The Balaban J connectivity index is 1.95. The number of hydrogen-bond acceptors (Lipinski definition) is 2. The van der Waals surface area contributed by atoms with Crippen molar-refractivity contribution >= 4 is 11.6 Å². The highest BCUT2D eigenvalue weighted by atomic mass is 35.5. The van der Waals surface area contributed by atoms with Gasteiger partial charge < -0.3 is 10.5 Å². The lowest BCUT2D eigenvalue weighted by Gasteiger charge is -2.38. The third kappa shape index (κ3) is 3.47. The van der Waals surface area contributed by atoms with Gasteiger partial charge in [-0.3, -0.25) is 0 Å². The van der Waals surface area contributed by atoms with Crippen LogP contribution in [-0.2, 0) is 11.3 Å². The zero-order valence-electron chi connectivity index (χ0n) is 11.0. The summed E-state index contributed by atoms with van der Waals surface area (Å²) in [7, 11) is 0. The van der Waals surface area contributed by atoms with E-state index in [1.165, 1.54) is 12.8 Å². The molecule has 2 N–H and O–H groups in total. The van der Waals surface area contributed by atoms with Crippen LogP contribution >= 0.6 is 11.6 Å². The highest BCUT2D eigenvalue weighted by molar-refractivity contribution is 6.30. The van der Waals surface area contributed by atoms with Crippen molar-refractivity contribution in [3.05, 3.63) is 34.9 Å². The molecule has 18 heavy (non-hydrogen) atoms. The number of nitrogens with two attached hydrogens (primary N) is 1. The van der Waals surface area contributed by atoms with Crippen LogP contribution in [0.3, 0.4) is 0 Å². The summed E-state index contributed by atoms with van der Waals surface area (Å²) in [6, 6.07) is 7.84. The zero-order chi connectivity index (χ0) is 13.0. The molecule has 2 nitrogen and oxygen atoms in total. The molecular formula is C15H22ClNO. The molecule has 1 saturated carbocycles. The molecule has 0 saturated heterocycles. The second-order valence-electron chi connectivity index (χ2n) is 5.49. The molecule has 100 valence electrons. The van der Waals surface area contributed by atoms with Crippen LogP contribution in [0.2, 0.25) is 5.02 Å². The third-order valence-electron chi connectivity index (χ3n) is 3.99.